The standard InChI is InChI=1S/C16H17N3O/c1-10-4-5-13(20-3)12(8-10)14-11(2)18-15(19-14)16(9-17)6-7-16/h4-5,8H,6-7H2,1-3H3,(H,18,19). The minimum atomic E-state index is -0.389. The smallest absolute Gasteiger partial charge is 0.128 e. The number of methoxy groups -OCH3 is 1. The van der Waals surface area contributed by atoms with Gasteiger partial charge in [0.2, 0.25) is 0 Å². The Kier molecular flexibility index (Phi) is 2.79. The molecule has 1 aliphatic carbocycles. The van der Waals surface area contributed by atoms with Crippen LogP contribution in [0.25, 0.3) is 11.3 Å². The number of nitrogens with zero attached hydrogens (tertiary/aromatic N) is 2. The van der Waals surface area contributed by atoms with Gasteiger partial charge < -0.3 is 9.72 Å². The van der Waals surface area contributed by atoms with Crippen molar-refractivity contribution in [1.29, 1.82) is 5.26 Å². The monoisotopic (exact) mass is 267 g/mol. The number of nitriles is 1. The molecule has 1 heterocycles. The number of hydrogen-bond acceptors (Lipinski definition) is 3. The first kappa shape index (κ1) is 12.7. The van der Waals surface area contributed by atoms with Crippen LogP contribution >= 0.6 is 0 Å². The third-order valence-electron chi connectivity index (χ3n) is 3.91. The fourth-order valence-corrected chi connectivity index (χ4v) is 2.48. The van der Waals surface area contributed by atoms with Crippen LogP contribution in [0.3, 0.4) is 0 Å². The molecule has 1 aliphatic rings. The predicted octanol–water partition coefficient (Wildman–Crippen LogP) is 3.26. The molecule has 0 unspecified atom stereocenters. The predicted molar refractivity (Wildman–Crippen MR) is 76.6 cm³/mol. The van der Waals surface area contributed by atoms with Crippen LogP contribution in [0.1, 0.15) is 29.9 Å². The van der Waals surface area contributed by atoms with Crippen LogP contribution in [0.5, 0.6) is 5.75 Å². The molecular weight excluding hydrogens is 250 g/mol. The molecule has 1 fully saturated rings. The Morgan fingerprint density at radius 1 is 1.35 bits per heavy atom. The van der Waals surface area contributed by atoms with Gasteiger partial charge in [-0.1, -0.05) is 11.6 Å². The van der Waals surface area contributed by atoms with E-state index in [0.29, 0.717) is 0 Å². The molecule has 20 heavy (non-hydrogen) atoms. The second kappa shape index (κ2) is 4.38. The summed E-state index contributed by atoms with van der Waals surface area (Å²) in [7, 11) is 1.66. The number of hydrogen-bond donors (Lipinski definition) is 1. The number of H-pyrrole nitrogens is 1. The topological polar surface area (TPSA) is 61.7 Å². The molecule has 2 aromatic rings. The lowest BCUT2D eigenvalue weighted by Gasteiger charge is -2.08. The number of ether oxygens (including phenoxy) is 1. The fourth-order valence-electron chi connectivity index (χ4n) is 2.48. The number of aromatic amines is 1. The average molecular weight is 267 g/mol. The SMILES string of the molecule is COc1ccc(C)cc1-c1nc(C2(C#N)CC2)[nH]c1C. The van der Waals surface area contributed by atoms with Crippen molar-refractivity contribution in [3.05, 3.63) is 35.3 Å². The molecule has 1 N–H and O–H groups in total. The highest BCUT2D eigenvalue weighted by Crippen LogP contribution is 2.47. The van der Waals surface area contributed by atoms with Crippen molar-refractivity contribution in [3.63, 3.8) is 0 Å². The number of aryl methyl sites for hydroxylation is 2. The van der Waals surface area contributed by atoms with Gasteiger partial charge in [-0.05, 0) is 38.8 Å². The molecule has 0 spiro atoms. The summed E-state index contributed by atoms with van der Waals surface area (Å²) in [6.07, 6.45) is 1.78. The Bertz CT molecular complexity index is 705. The molecule has 0 atom stereocenters. The zero-order valence-electron chi connectivity index (χ0n) is 11.9. The summed E-state index contributed by atoms with van der Waals surface area (Å²) in [6.45, 7) is 4.03. The van der Waals surface area contributed by atoms with Gasteiger partial charge in [0, 0.05) is 11.3 Å². The highest BCUT2D eigenvalue weighted by atomic mass is 16.5. The summed E-state index contributed by atoms with van der Waals surface area (Å²) in [6, 6.07) is 8.41. The summed E-state index contributed by atoms with van der Waals surface area (Å²) < 4.78 is 5.43. The maximum atomic E-state index is 9.29. The number of rotatable bonds is 3. The molecule has 0 amide bonds. The Labute approximate surface area is 118 Å². The van der Waals surface area contributed by atoms with Crippen molar-refractivity contribution in [2.45, 2.75) is 32.1 Å². The molecule has 4 nitrogen and oxygen atoms in total. The van der Waals surface area contributed by atoms with E-state index in [9.17, 15) is 5.26 Å². The fraction of sp³-hybridized carbons (Fsp3) is 0.375. The lowest BCUT2D eigenvalue weighted by Crippen LogP contribution is -2.04. The number of imidazole rings is 1. The summed E-state index contributed by atoms with van der Waals surface area (Å²) in [5.41, 5.74) is 3.60. The van der Waals surface area contributed by atoms with Crippen molar-refractivity contribution < 1.29 is 4.74 Å². The highest BCUT2D eigenvalue weighted by Gasteiger charge is 2.48. The third-order valence-corrected chi connectivity index (χ3v) is 3.91. The maximum Gasteiger partial charge on any atom is 0.128 e. The van der Waals surface area contributed by atoms with Crippen LogP contribution in [0, 0.1) is 25.2 Å². The molecule has 0 radical (unpaired) electrons. The third kappa shape index (κ3) is 1.87. The molecule has 3 rings (SSSR count). The van der Waals surface area contributed by atoms with Crippen molar-refractivity contribution in [2.75, 3.05) is 7.11 Å². The van der Waals surface area contributed by atoms with Gasteiger partial charge >= 0.3 is 0 Å². The van der Waals surface area contributed by atoms with E-state index in [-0.39, 0.29) is 5.41 Å². The molecule has 1 saturated carbocycles. The van der Waals surface area contributed by atoms with Crippen LogP contribution in [-0.4, -0.2) is 17.1 Å². The number of benzene rings is 1. The Hall–Kier alpha value is -2.28. The quantitative estimate of drug-likeness (QED) is 0.928. The van der Waals surface area contributed by atoms with Crippen LogP contribution in [0.2, 0.25) is 0 Å². The van der Waals surface area contributed by atoms with E-state index in [4.69, 9.17) is 4.74 Å². The van der Waals surface area contributed by atoms with Gasteiger partial charge in [0.05, 0.1) is 18.9 Å². The van der Waals surface area contributed by atoms with Gasteiger partial charge in [-0.2, -0.15) is 5.26 Å². The summed E-state index contributed by atoms with van der Waals surface area (Å²) in [4.78, 5) is 7.96. The van der Waals surface area contributed by atoms with Gasteiger partial charge in [-0.25, -0.2) is 4.98 Å². The Morgan fingerprint density at radius 3 is 2.70 bits per heavy atom. The zero-order chi connectivity index (χ0) is 14.3. The van der Waals surface area contributed by atoms with Crippen molar-refractivity contribution in [3.8, 4) is 23.1 Å². The number of nitrogens with one attached hydrogen (secondary N) is 1. The van der Waals surface area contributed by atoms with E-state index in [2.05, 4.69) is 22.1 Å². The van der Waals surface area contributed by atoms with Gasteiger partial charge in [0.25, 0.3) is 0 Å². The largest absolute Gasteiger partial charge is 0.496 e. The van der Waals surface area contributed by atoms with Crippen molar-refractivity contribution in [2.24, 2.45) is 0 Å². The van der Waals surface area contributed by atoms with Crippen LogP contribution in [0.15, 0.2) is 18.2 Å². The molecular formula is C16H17N3O. The molecule has 102 valence electrons. The zero-order valence-corrected chi connectivity index (χ0v) is 11.9. The molecule has 4 heteroatoms. The first-order chi connectivity index (χ1) is 9.59. The lowest BCUT2D eigenvalue weighted by atomic mass is 10.1. The molecule has 1 aromatic heterocycles. The van der Waals surface area contributed by atoms with E-state index in [1.54, 1.807) is 7.11 Å². The summed E-state index contributed by atoms with van der Waals surface area (Å²) >= 11 is 0. The summed E-state index contributed by atoms with van der Waals surface area (Å²) in [5.74, 6) is 1.59. The van der Waals surface area contributed by atoms with E-state index >= 15 is 0 Å². The summed E-state index contributed by atoms with van der Waals surface area (Å²) in [5, 5.41) is 9.29. The van der Waals surface area contributed by atoms with Crippen LogP contribution in [0.4, 0.5) is 0 Å². The van der Waals surface area contributed by atoms with Gasteiger partial charge in [0.1, 0.15) is 17.0 Å². The molecule has 1 aromatic carbocycles. The average Bonchev–Trinajstić information content (AvgIpc) is 3.16. The van der Waals surface area contributed by atoms with Gasteiger partial charge in [0.15, 0.2) is 0 Å². The first-order valence-electron chi connectivity index (χ1n) is 6.73. The van der Waals surface area contributed by atoms with E-state index < -0.39 is 0 Å². The van der Waals surface area contributed by atoms with E-state index in [0.717, 1.165) is 46.9 Å². The maximum absolute atomic E-state index is 9.29. The second-order valence-electron chi connectivity index (χ2n) is 5.46. The Morgan fingerprint density at radius 2 is 2.10 bits per heavy atom. The molecule has 0 saturated heterocycles. The normalized spacial score (nSPS) is 15.7. The molecule has 0 aliphatic heterocycles. The van der Waals surface area contributed by atoms with Gasteiger partial charge in [-0.3, -0.25) is 0 Å². The number of aromatic nitrogens is 2. The van der Waals surface area contributed by atoms with Crippen LogP contribution in [-0.2, 0) is 5.41 Å². The van der Waals surface area contributed by atoms with Crippen molar-refractivity contribution in [1.82, 2.24) is 9.97 Å². The second-order valence-corrected chi connectivity index (χ2v) is 5.46. The minimum Gasteiger partial charge on any atom is -0.496 e. The van der Waals surface area contributed by atoms with E-state index in [1.165, 1.54) is 0 Å². The highest BCUT2D eigenvalue weighted by molar-refractivity contribution is 5.70. The minimum absolute atomic E-state index is 0.389. The van der Waals surface area contributed by atoms with Gasteiger partial charge in [-0.15, -0.1) is 0 Å². The van der Waals surface area contributed by atoms with Crippen molar-refractivity contribution >= 4 is 0 Å². The first-order valence-corrected chi connectivity index (χ1v) is 6.73. The van der Waals surface area contributed by atoms with Crippen LogP contribution < -0.4 is 4.74 Å². The van der Waals surface area contributed by atoms with E-state index in [1.807, 2.05) is 26.0 Å². The Balaban J connectivity index is 2.12. The lowest BCUT2D eigenvalue weighted by molar-refractivity contribution is 0.416. The molecule has 0 bridgehead atoms.